The molecule has 0 fully saturated rings. The van der Waals surface area contributed by atoms with Crippen molar-refractivity contribution in [1.82, 2.24) is 10.3 Å². The molecule has 1 aliphatic heterocycles. The molecule has 0 saturated heterocycles. The first-order chi connectivity index (χ1) is 8.15. The molecular weight excluding hydrogens is 258 g/mol. The van der Waals surface area contributed by atoms with Crippen LogP contribution in [0.25, 0.3) is 6.08 Å². The van der Waals surface area contributed by atoms with Gasteiger partial charge in [0, 0.05) is 24.4 Å². The van der Waals surface area contributed by atoms with E-state index in [9.17, 15) is 9.59 Å². The summed E-state index contributed by atoms with van der Waals surface area (Å²) in [7, 11) is 0. The van der Waals surface area contributed by atoms with Gasteiger partial charge in [-0.2, -0.15) is 0 Å². The van der Waals surface area contributed by atoms with Gasteiger partial charge in [-0.1, -0.05) is 0 Å². The molecule has 0 saturated carbocycles. The fourth-order valence-electron chi connectivity index (χ4n) is 1.52. The van der Waals surface area contributed by atoms with Crippen LogP contribution >= 0.6 is 12.4 Å². The zero-order chi connectivity index (χ0) is 12.3. The average molecular weight is 270 g/mol. The number of anilines is 1. The van der Waals surface area contributed by atoms with Crippen molar-refractivity contribution in [3.63, 3.8) is 0 Å². The lowest BCUT2D eigenvalue weighted by Crippen LogP contribution is -2.23. The minimum atomic E-state index is -1.01. The van der Waals surface area contributed by atoms with Crippen LogP contribution in [0.5, 0.6) is 0 Å². The fraction of sp³-hybridized carbons (Fsp3) is 0.182. The SMILES string of the molecule is Cl.O=C(O)/C=C/c1cnc2c(c1)CNCC(=O)N2. The van der Waals surface area contributed by atoms with Crippen molar-refractivity contribution in [3.05, 3.63) is 29.5 Å². The van der Waals surface area contributed by atoms with Gasteiger partial charge in [0.15, 0.2) is 0 Å². The van der Waals surface area contributed by atoms with E-state index in [1.807, 2.05) is 0 Å². The number of nitrogens with zero attached hydrogens (tertiary/aromatic N) is 1. The molecule has 2 rings (SSSR count). The van der Waals surface area contributed by atoms with Crippen LogP contribution in [0.2, 0.25) is 0 Å². The Kier molecular flexibility index (Phi) is 4.82. The number of aromatic nitrogens is 1. The van der Waals surface area contributed by atoms with Gasteiger partial charge in [0.1, 0.15) is 5.82 Å². The van der Waals surface area contributed by atoms with Crippen molar-refractivity contribution >= 4 is 36.2 Å². The van der Waals surface area contributed by atoms with E-state index in [0.717, 1.165) is 11.6 Å². The first-order valence-electron chi connectivity index (χ1n) is 5.05. The summed E-state index contributed by atoms with van der Waals surface area (Å²) < 4.78 is 0. The van der Waals surface area contributed by atoms with E-state index < -0.39 is 5.97 Å². The van der Waals surface area contributed by atoms with E-state index in [0.29, 0.717) is 17.9 Å². The molecule has 0 aliphatic carbocycles. The number of hydrogen-bond donors (Lipinski definition) is 3. The highest BCUT2D eigenvalue weighted by Gasteiger charge is 2.13. The van der Waals surface area contributed by atoms with Crippen LogP contribution in [-0.4, -0.2) is 28.5 Å². The third-order valence-electron chi connectivity index (χ3n) is 2.26. The van der Waals surface area contributed by atoms with Crippen molar-refractivity contribution in [1.29, 1.82) is 0 Å². The van der Waals surface area contributed by atoms with Crippen molar-refractivity contribution in [3.8, 4) is 0 Å². The highest BCUT2D eigenvalue weighted by Crippen LogP contribution is 2.16. The van der Waals surface area contributed by atoms with E-state index in [4.69, 9.17) is 5.11 Å². The number of amides is 1. The van der Waals surface area contributed by atoms with Crippen LogP contribution in [0.3, 0.4) is 0 Å². The second kappa shape index (κ2) is 6.13. The third-order valence-corrected chi connectivity index (χ3v) is 2.26. The van der Waals surface area contributed by atoms with Crippen LogP contribution in [-0.2, 0) is 16.1 Å². The number of carboxylic acids is 1. The van der Waals surface area contributed by atoms with Crippen LogP contribution < -0.4 is 10.6 Å². The van der Waals surface area contributed by atoms with Crippen LogP contribution in [0.15, 0.2) is 18.3 Å². The number of pyridine rings is 1. The number of halogens is 1. The summed E-state index contributed by atoms with van der Waals surface area (Å²) in [5.74, 6) is -0.621. The van der Waals surface area contributed by atoms with Gasteiger partial charge in [0.25, 0.3) is 0 Å². The number of nitrogens with one attached hydrogen (secondary N) is 2. The maximum Gasteiger partial charge on any atom is 0.328 e. The lowest BCUT2D eigenvalue weighted by molar-refractivity contribution is -0.131. The number of fused-ring (bicyclic) bond motifs is 1. The Morgan fingerprint density at radius 3 is 2.94 bits per heavy atom. The number of rotatable bonds is 2. The van der Waals surface area contributed by atoms with E-state index in [-0.39, 0.29) is 24.9 Å². The Hall–Kier alpha value is -1.92. The number of carbonyl (C=O) groups is 2. The van der Waals surface area contributed by atoms with Gasteiger partial charge in [-0.3, -0.25) is 4.79 Å². The highest BCUT2D eigenvalue weighted by atomic mass is 35.5. The summed E-state index contributed by atoms with van der Waals surface area (Å²) in [6.45, 7) is 0.770. The standard InChI is InChI=1S/C11H11N3O3.ClH/c15-9-6-12-5-8-3-7(1-2-10(16)17)4-13-11(8)14-9;/h1-4,12H,5-6H2,(H,16,17)(H,13,14,15);1H/b2-1+;. The van der Waals surface area contributed by atoms with Gasteiger partial charge >= 0.3 is 5.97 Å². The number of hydrogen-bond acceptors (Lipinski definition) is 4. The van der Waals surface area contributed by atoms with Crippen molar-refractivity contribution in [2.24, 2.45) is 0 Å². The molecule has 0 radical (unpaired) electrons. The van der Waals surface area contributed by atoms with Crippen LogP contribution in [0, 0.1) is 0 Å². The highest BCUT2D eigenvalue weighted by molar-refractivity contribution is 5.93. The second-order valence-corrected chi connectivity index (χ2v) is 3.60. The molecule has 0 aromatic carbocycles. The minimum Gasteiger partial charge on any atom is -0.478 e. The number of aliphatic carboxylic acids is 1. The Labute approximate surface area is 110 Å². The summed E-state index contributed by atoms with van der Waals surface area (Å²) in [6.07, 6.45) is 4.03. The molecule has 2 heterocycles. The van der Waals surface area contributed by atoms with Gasteiger partial charge in [-0.05, 0) is 17.7 Å². The van der Waals surface area contributed by atoms with Crippen LogP contribution in [0.1, 0.15) is 11.1 Å². The van der Waals surface area contributed by atoms with E-state index >= 15 is 0 Å². The molecule has 1 aromatic heterocycles. The van der Waals surface area contributed by atoms with Gasteiger partial charge in [0.2, 0.25) is 5.91 Å². The minimum absolute atomic E-state index is 0. The zero-order valence-electron chi connectivity index (χ0n) is 9.34. The molecule has 1 aliphatic rings. The predicted octanol–water partition coefficient (Wildman–Crippen LogP) is 0.643. The average Bonchev–Trinajstić information content (AvgIpc) is 2.46. The largest absolute Gasteiger partial charge is 0.478 e. The maximum atomic E-state index is 11.2. The Bertz CT molecular complexity index is 502. The van der Waals surface area contributed by atoms with Crippen molar-refractivity contribution < 1.29 is 14.7 Å². The van der Waals surface area contributed by atoms with E-state index in [1.54, 1.807) is 6.07 Å². The van der Waals surface area contributed by atoms with Crippen molar-refractivity contribution in [2.75, 3.05) is 11.9 Å². The monoisotopic (exact) mass is 269 g/mol. The second-order valence-electron chi connectivity index (χ2n) is 3.60. The lowest BCUT2D eigenvalue weighted by atomic mass is 10.1. The molecule has 3 N–H and O–H groups in total. The van der Waals surface area contributed by atoms with Gasteiger partial charge in [-0.15, -0.1) is 12.4 Å². The Morgan fingerprint density at radius 1 is 1.44 bits per heavy atom. The molecule has 0 bridgehead atoms. The number of carboxylic acid groups (broad SMARTS) is 1. The molecule has 0 atom stereocenters. The molecule has 6 nitrogen and oxygen atoms in total. The summed E-state index contributed by atoms with van der Waals surface area (Å²) in [4.78, 5) is 25.7. The summed E-state index contributed by atoms with van der Waals surface area (Å²) in [6, 6.07) is 1.79. The van der Waals surface area contributed by atoms with Gasteiger partial charge < -0.3 is 15.7 Å². The molecule has 1 aromatic rings. The predicted molar refractivity (Wildman–Crippen MR) is 68.5 cm³/mol. The summed E-state index contributed by atoms with van der Waals surface area (Å²) >= 11 is 0. The summed E-state index contributed by atoms with van der Waals surface area (Å²) in [5, 5.41) is 14.1. The van der Waals surface area contributed by atoms with Crippen molar-refractivity contribution in [2.45, 2.75) is 6.54 Å². The van der Waals surface area contributed by atoms with Gasteiger partial charge in [0.05, 0.1) is 6.54 Å². The Balaban J connectivity index is 0.00000162. The quantitative estimate of drug-likeness (QED) is 0.686. The lowest BCUT2D eigenvalue weighted by Gasteiger charge is -2.05. The first kappa shape index (κ1) is 14.1. The molecule has 0 spiro atoms. The molecule has 7 heteroatoms. The third kappa shape index (κ3) is 3.54. The topological polar surface area (TPSA) is 91.3 Å². The molecular formula is C11H12ClN3O3. The molecule has 0 unspecified atom stereocenters. The zero-order valence-corrected chi connectivity index (χ0v) is 10.2. The summed E-state index contributed by atoms with van der Waals surface area (Å²) in [5.41, 5.74) is 1.52. The maximum absolute atomic E-state index is 11.2. The fourth-order valence-corrected chi connectivity index (χ4v) is 1.52. The molecule has 96 valence electrons. The van der Waals surface area contributed by atoms with Gasteiger partial charge in [-0.25, -0.2) is 9.78 Å². The Morgan fingerprint density at radius 2 is 2.22 bits per heavy atom. The van der Waals surface area contributed by atoms with Crippen LogP contribution in [0.4, 0.5) is 5.82 Å². The molecule has 1 amide bonds. The number of carbonyl (C=O) groups excluding carboxylic acids is 1. The smallest absolute Gasteiger partial charge is 0.328 e. The first-order valence-corrected chi connectivity index (χ1v) is 5.05. The molecule has 18 heavy (non-hydrogen) atoms. The van der Waals surface area contributed by atoms with E-state index in [1.165, 1.54) is 12.3 Å². The van der Waals surface area contributed by atoms with E-state index in [2.05, 4.69) is 15.6 Å². The normalized spacial score (nSPS) is 14.3.